The number of nitrogens with zero attached hydrogens (tertiary/aromatic N) is 2. The Morgan fingerprint density at radius 2 is 2.03 bits per heavy atom. The summed E-state index contributed by atoms with van der Waals surface area (Å²) in [6.07, 6.45) is 2.93. The van der Waals surface area contributed by atoms with E-state index < -0.39 is 0 Å². The van der Waals surface area contributed by atoms with E-state index in [4.69, 9.17) is 0 Å². The van der Waals surface area contributed by atoms with E-state index in [0.29, 0.717) is 24.7 Å². The smallest absolute Gasteiger partial charge is 0.317 e. The first-order valence-corrected chi connectivity index (χ1v) is 11.3. The molecule has 1 fully saturated rings. The maximum atomic E-state index is 12.8. The maximum Gasteiger partial charge on any atom is 0.317 e. The SMILES string of the molecule is CNC(=O)c1n[nH]c2cc(C3CCCN(C(=O)NCCC(C)c4ccccc4)C3)ccc12. The van der Waals surface area contributed by atoms with Gasteiger partial charge in [-0.15, -0.1) is 0 Å². The largest absolute Gasteiger partial charge is 0.354 e. The van der Waals surface area contributed by atoms with Gasteiger partial charge in [0.15, 0.2) is 5.69 Å². The number of rotatable bonds is 6. The van der Waals surface area contributed by atoms with Gasteiger partial charge in [0.05, 0.1) is 5.52 Å². The second-order valence-electron chi connectivity index (χ2n) is 8.57. The highest BCUT2D eigenvalue weighted by Gasteiger charge is 2.25. The minimum Gasteiger partial charge on any atom is -0.354 e. The van der Waals surface area contributed by atoms with Crippen molar-refractivity contribution in [3.8, 4) is 0 Å². The van der Waals surface area contributed by atoms with Crippen molar-refractivity contribution < 1.29 is 9.59 Å². The summed E-state index contributed by atoms with van der Waals surface area (Å²) in [6, 6.07) is 16.5. The standard InChI is InChI=1S/C25H31N5O2/c1-17(18-7-4-3-5-8-18)12-13-27-25(32)30-14-6-9-20(16-30)19-10-11-21-22(15-19)28-29-23(21)24(31)26-2/h3-5,7-8,10-11,15,17,20H,6,9,12-14,16H2,1-2H3,(H,26,31)(H,27,32)(H,28,29). The number of aromatic amines is 1. The minimum absolute atomic E-state index is 0.0134. The van der Waals surface area contributed by atoms with Crippen LogP contribution in [0.25, 0.3) is 10.9 Å². The van der Waals surface area contributed by atoms with Gasteiger partial charge >= 0.3 is 6.03 Å². The summed E-state index contributed by atoms with van der Waals surface area (Å²) < 4.78 is 0. The van der Waals surface area contributed by atoms with E-state index in [-0.39, 0.29) is 17.9 Å². The number of carbonyl (C=O) groups is 2. The van der Waals surface area contributed by atoms with Crippen molar-refractivity contribution in [3.63, 3.8) is 0 Å². The van der Waals surface area contributed by atoms with E-state index in [1.54, 1.807) is 7.05 Å². The Bertz CT molecular complexity index is 1080. The number of aromatic nitrogens is 2. The van der Waals surface area contributed by atoms with Crippen molar-refractivity contribution in [2.45, 2.75) is 38.0 Å². The van der Waals surface area contributed by atoms with Crippen LogP contribution in [0.1, 0.15) is 59.6 Å². The molecule has 168 valence electrons. The lowest BCUT2D eigenvalue weighted by Crippen LogP contribution is -2.45. The van der Waals surface area contributed by atoms with Crippen molar-refractivity contribution in [1.29, 1.82) is 0 Å². The van der Waals surface area contributed by atoms with E-state index in [0.717, 1.165) is 36.7 Å². The van der Waals surface area contributed by atoms with Gasteiger partial charge in [0.1, 0.15) is 0 Å². The summed E-state index contributed by atoms with van der Waals surface area (Å²) in [5, 5.41) is 13.6. The van der Waals surface area contributed by atoms with Crippen molar-refractivity contribution in [1.82, 2.24) is 25.7 Å². The van der Waals surface area contributed by atoms with E-state index in [2.05, 4.69) is 64.2 Å². The molecule has 3 N–H and O–H groups in total. The van der Waals surface area contributed by atoms with Gasteiger partial charge in [0.25, 0.3) is 5.91 Å². The van der Waals surface area contributed by atoms with Crippen LogP contribution in [0.2, 0.25) is 0 Å². The highest BCUT2D eigenvalue weighted by molar-refractivity contribution is 6.04. The van der Waals surface area contributed by atoms with Crippen LogP contribution in [0, 0.1) is 0 Å². The molecule has 2 aromatic carbocycles. The average molecular weight is 434 g/mol. The van der Waals surface area contributed by atoms with Crippen molar-refractivity contribution in [2.75, 3.05) is 26.7 Å². The molecule has 7 heteroatoms. The fourth-order valence-corrected chi connectivity index (χ4v) is 4.47. The van der Waals surface area contributed by atoms with Gasteiger partial charge in [0.2, 0.25) is 0 Å². The Kier molecular flexibility index (Phi) is 6.73. The Balaban J connectivity index is 1.34. The number of nitrogens with one attached hydrogen (secondary N) is 3. The third-order valence-corrected chi connectivity index (χ3v) is 6.43. The number of hydrogen-bond donors (Lipinski definition) is 3. The zero-order chi connectivity index (χ0) is 22.5. The highest BCUT2D eigenvalue weighted by Crippen LogP contribution is 2.29. The number of benzene rings is 2. The Morgan fingerprint density at radius 3 is 2.81 bits per heavy atom. The minimum atomic E-state index is -0.203. The molecule has 0 spiro atoms. The first kappa shape index (κ1) is 21.9. The lowest BCUT2D eigenvalue weighted by molar-refractivity contribution is 0.0959. The van der Waals surface area contributed by atoms with Gasteiger partial charge in [-0.05, 0) is 42.4 Å². The monoisotopic (exact) mass is 433 g/mol. The van der Waals surface area contributed by atoms with E-state index >= 15 is 0 Å². The molecule has 1 aromatic heterocycles. The zero-order valence-electron chi connectivity index (χ0n) is 18.7. The molecule has 0 bridgehead atoms. The molecule has 0 saturated carbocycles. The number of amides is 3. The van der Waals surface area contributed by atoms with Crippen molar-refractivity contribution >= 4 is 22.8 Å². The quantitative estimate of drug-likeness (QED) is 0.549. The second-order valence-corrected chi connectivity index (χ2v) is 8.57. The summed E-state index contributed by atoms with van der Waals surface area (Å²) in [7, 11) is 1.60. The number of urea groups is 1. The number of likely N-dealkylation sites (tertiary alicyclic amines) is 1. The van der Waals surface area contributed by atoms with Crippen LogP contribution in [0.3, 0.4) is 0 Å². The van der Waals surface area contributed by atoms with Crippen LogP contribution in [0.4, 0.5) is 4.79 Å². The highest BCUT2D eigenvalue weighted by atomic mass is 16.2. The molecule has 2 atom stereocenters. The van der Waals surface area contributed by atoms with Crippen molar-refractivity contribution in [3.05, 3.63) is 65.4 Å². The van der Waals surface area contributed by atoms with Gasteiger partial charge in [-0.2, -0.15) is 5.10 Å². The first-order valence-electron chi connectivity index (χ1n) is 11.3. The van der Waals surface area contributed by atoms with E-state index in [9.17, 15) is 9.59 Å². The van der Waals surface area contributed by atoms with E-state index in [1.807, 2.05) is 17.0 Å². The summed E-state index contributed by atoms with van der Waals surface area (Å²) in [6.45, 7) is 4.34. The van der Waals surface area contributed by atoms with Crippen LogP contribution in [0.5, 0.6) is 0 Å². The molecule has 3 aromatic rings. The molecule has 32 heavy (non-hydrogen) atoms. The molecule has 0 aliphatic carbocycles. The lowest BCUT2D eigenvalue weighted by atomic mass is 9.90. The number of piperidine rings is 1. The third kappa shape index (κ3) is 4.77. The van der Waals surface area contributed by atoms with Crippen LogP contribution >= 0.6 is 0 Å². The molecule has 1 saturated heterocycles. The van der Waals surface area contributed by atoms with Gasteiger partial charge in [-0.25, -0.2) is 4.79 Å². The third-order valence-electron chi connectivity index (χ3n) is 6.43. The van der Waals surface area contributed by atoms with Crippen LogP contribution in [-0.4, -0.2) is 53.7 Å². The van der Waals surface area contributed by atoms with Gasteiger partial charge in [-0.3, -0.25) is 9.89 Å². The average Bonchev–Trinajstić information content (AvgIpc) is 3.27. The fraction of sp³-hybridized carbons (Fsp3) is 0.400. The molecular weight excluding hydrogens is 402 g/mol. The summed E-state index contributed by atoms with van der Waals surface area (Å²) in [4.78, 5) is 26.7. The molecule has 4 rings (SSSR count). The second kappa shape index (κ2) is 9.85. The van der Waals surface area contributed by atoms with Crippen LogP contribution in [0.15, 0.2) is 48.5 Å². The predicted octanol–water partition coefficient (Wildman–Crippen LogP) is 4.01. The first-order chi connectivity index (χ1) is 15.6. The molecule has 2 heterocycles. The molecule has 1 aliphatic rings. The summed E-state index contributed by atoms with van der Waals surface area (Å²) >= 11 is 0. The molecule has 0 radical (unpaired) electrons. The fourth-order valence-electron chi connectivity index (χ4n) is 4.47. The Hall–Kier alpha value is -3.35. The predicted molar refractivity (Wildman–Crippen MR) is 126 cm³/mol. The number of hydrogen-bond acceptors (Lipinski definition) is 3. The van der Waals surface area contributed by atoms with Gasteiger partial charge in [0, 0.05) is 38.0 Å². The Morgan fingerprint density at radius 1 is 1.22 bits per heavy atom. The topological polar surface area (TPSA) is 90.1 Å². The molecular formula is C25H31N5O2. The molecule has 3 amide bonds. The molecule has 1 aliphatic heterocycles. The van der Waals surface area contributed by atoms with Crippen LogP contribution < -0.4 is 10.6 Å². The molecule has 7 nitrogen and oxygen atoms in total. The van der Waals surface area contributed by atoms with Gasteiger partial charge < -0.3 is 15.5 Å². The Labute approximate surface area is 188 Å². The van der Waals surface area contributed by atoms with E-state index in [1.165, 1.54) is 11.1 Å². The molecule has 2 unspecified atom stereocenters. The zero-order valence-corrected chi connectivity index (χ0v) is 18.7. The lowest BCUT2D eigenvalue weighted by Gasteiger charge is -2.33. The maximum absolute atomic E-state index is 12.8. The summed E-state index contributed by atoms with van der Waals surface area (Å²) in [5.41, 5.74) is 3.72. The normalized spacial score (nSPS) is 17.2. The van der Waals surface area contributed by atoms with Gasteiger partial charge in [-0.1, -0.05) is 49.4 Å². The summed E-state index contributed by atoms with van der Waals surface area (Å²) in [5.74, 6) is 0.478. The van der Waals surface area contributed by atoms with Crippen molar-refractivity contribution in [2.24, 2.45) is 0 Å². The number of H-pyrrole nitrogens is 1. The number of fused-ring (bicyclic) bond motifs is 1. The number of carbonyl (C=O) groups excluding carboxylic acids is 2. The van der Waals surface area contributed by atoms with Crippen LogP contribution in [-0.2, 0) is 0 Å².